The molecule has 0 fully saturated rings. The lowest BCUT2D eigenvalue weighted by Crippen LogP contribution is -1.96. The Kier molecular flexibility index (Phi) is 3.00. The van der Waals surface area contributed by atoms with Crippen molar-refractivity contribution in [2.45, 2.75) is 6.54 Å². The van der Waals surface area contributed by atoms with E-state index in [2.05, 4.69) is 11.4 Å². The maximum absolute atomic E-state index is 5.53. The minimum atomic E-state index is 0.584. The number of nitrogens with two attached hydrogens (primary N) is 1. The monoisotopic (exact) mass is 197 g/mol. The maximum Gasteiger partial charge on any atom is 0.0384 e. The molecular formula is C13H13N2. The molecule has 0 aliphatic carbocycles. The van der Waals surface area contributed by atoms with E-state index in [0.717, 1.165) is 16.9 Å². The van der Waals surface area contributed by atoms with Crippen molar-refractivity contribution in [3.8, 4) is 0 Å². The van der Waals surface area contributed by atoms with Gasteiger partial charge in [-0.3, -0.25) is 0 Å². The molecular weight excluding hydrogens is 184 g/mol. The van der Waals surface area contributed by atoms with Crippen molar-refractivity contribution in [3.63, 3.8) is 0 Å². The van der Waals surface area contributed by atoms with Gasteiger partial charge in [0.25, 0.3) is 0 Å². The van der Waals surface area contributed by atoms with Gasteiger partial charge in [0.1, 0.15) is 0 Å². The molecule has 0 amide bonds. The van der Waals surface area contributed by atoms with Crippen LogP contribution in [-0.2, 0) is 6.54 Å². The Morgan fingerprint density at radius 3 is 2.13 bits per heavy atom. The predicted molar refractivity (Wildman–Crippen MR) is 62.9 cm³/mol. The van der Waals surface area contributed by atoms with Gasteiger partial charge in [-0.1, -0.05) is 24.3 Å². The zero-order valence-electron chi connectivity index (χ0n) is 8.40. The summed E-state index contributed by atoms with van der Waals surface area (Å²) in [6, 6.07) is 18.8. The van der Waals surface area contributed by atoms with E-state index in [0.29, 0.717) is 6.54 Å². The van der Waals surface area contributed by atoms with Crippen LogP contribution in [0.1, 0.15) is 5.56 Å². The number of anilines is 2. The summed E-state index contributed by atoms with van der Waals surface area (Å²) in [6.45, 7) is 0.584. The number of hydrogen-bond donors (Lipinski definition) is 2. The first-order chi connectivity index (χ1) is 7.38. The molecule has 0 heterocycles. The van der Waals surface area contributed by atoms with Crippen molar-refractivity contribution in [1.82, 2.24) is 0 Å². The molecule has 2 rings (SSSR count). The predicted octanol–water partition coefficient (Wildman–Crippen LogP) is 2.69. The van der Waals surface area contributed by atoms with Crippen molar-refractivity contribution in [2.75, 3.05) is 5.32 Å². The van der Waals surface area contributed by atoms with Crippen molar-refractivity contribution in [3.05, 3.63) is 60.2 Å². The first-order valence-corrected chi connectivity index (χ1v) is 4.90. The first kappa shape index (κ1) is 9.74. The molecule has 15 heavy (non-hydrogen) atoms. The molecule has 0 aromatic heterocycles. The van der Waals surface area contributed by atoms with E-state index >= 15 is 0 Å². The Morgan fingerprint density at radius 2 is 1.53 bits per heavy atom. The van der Waals surface area contributed by atoms with Crippen LogP contribution in [0, 0.1) is 6.07 Å². The lowest BCUT2D eigenvalue weighted by atomic mass is 10.2. The van der Waals surface area contributed by atoms with E-state index in [-0.39, 0.29) is 0 Å². The highest BCUT2D eigenvalue weighted by molar-refractivity contribution is 5.59. The van der Waals surface area contributed by atoms with Crippen molar-refractivity contribution >= 4 is 11.4 Å². The smallest absolute Gasteiger partial charge is 0.0384 e. The van der Waals surface area contributed by atoms with Gasteiger partial charge in [-0.2, -0.15) is 0 Å². The van der Waals surface area contributed by atoms with Crippen LogP contribution in [-0.4, -0.2) is 0 Å². The lowest BCUT2D eigenvalue weighted by Gasteiger charge is -2.06. The molecule has 0 bridgehead atoms. The number of rotatable bonds is 3. The summed E-state index contributed by atoms with van der Waals surface area (Å²) >= 11 is 0. The summed E-state index contributed by atoms with van der Waals surface area (Å²) in [6.07, 6.45) is 0. The van der Waals surface area contributed by atoms with Crippen LogP contribution in [0.25, 0.3) is 0 Å². The molecule has 0 spiro atoms. The molecule has 2 nitrogen and oxygen atoms in total. The largest absolute Gasteiger partial charge is 0.356 e. The van der Waals surface area contributed by atoms with E-state index in [1.807, 2.05) is 48.5 Å². The Labute approximate surface area is 89.7 Å². The first-order valence-electron chi connectivity index (χ1n) is 4.90. The third-order valence-electron chi connectivity index (χ3n) is 2.20. The summed E-state index contributed by atoms with van der Waals surface area (Å²) in [7, 11) is 0. The number of benzene rings is 2. The second-order valence-electron chi connectivity index (χ2n) is 3.31. The van der Waals surface area contributed by atoms with Gasteiger partial charge in [-0.05, 0) is 35.9 Å². The van der Waals surface area contributed by atoms with Crippen LogP contribution in [0.3, 0.4) is 0 Å². The van der Waals surface area contributed by atoms with E-state index in [1.54, 1.807) is 0 Å². The van der Waals surface area contributed by atoms with E-state index in [4.69, 9.17) is 5.73 Å². The fourth-order valence-corrected chi connectivity index (χ4v) is 1.36. The molecule has 0 saturated heterocycles. The summed E-state index contributed by atoms with van der Waals surface area (Å²) in [5, 5.41) is 3.29. The molecule has 3 N–H and O–H groups in total. The normalized spacial score (nSPS) is 9.93. The Balaban J connectivity index is 2.11. The quantitative estimate of drug-likeness (QED) is 0.794. The van der Waals surface area contributed by atoms with E-state index in [1.165, 1.54) is 0 Å². The lowest BCUT2D eigenvalue weighted by molar-refractivity contribution is 1.07. The van der Waals surface area contributed by atoms with Gasteiger partial charge in [0.15, 0.2) is 0 Å². The molecule has 0 aliphatic heterocycles. The second-order valence-corrected chi connectivity index (χ2v) is 3.31. The zero-order chi connectivity index (χ0) is 10.5. The van der Waals surface area contributed by atoms with Gasteiger partial charge in [-0.25, -0.2) is 0 Å². The standard InChI is InChI=1S/C13H13N2/c14-10-11-6-8-13(9-7-11)15-12-4-2-1-3-5-12/h2-9,15H,10,14H2. The Hall–Kier alpha value is -1.80. The van der Waals surface area contributed by atoms with Crippen molar-refractivity contribution in [2.24, 2.45) is 5.73 Å². The average Bonchev–Trinajstić information content (AvgIpc) is 2.31. The van der Waals surface area contributed by atoms with E-state index in [9.17, 15) is 0 Å². The van der Waals surface area contributed by atoms with Gasteiger partial charge in [-0.15, -0.1) is 0 Å². The maximum atomic E-state index is 5.53. The van der Waals surface area contributed by atoms with Crippen LogP contribution >= 0.6 is 0 Å². The highest BCUT2D eigenvalue weighted by Gasteiger charge is 1.93. The van der Waals surface area contributed by atoms with Crippen molar-refractivity contribution in [1.29, 1.82) is 0 Å². The molecule has 0 atom stereocenters. The topological polar surface area (TPSA) is 38.0 Å². The fourth-order valence-electron chi connectivity index (χ4n) is 1.36. The van der Waals surface area contributed by atoms with Gasteiger partial charge in [0.2, 0.25) is 0 Å². The van der Waals surface area contributed by atoms with Crippen LogP contribution in [0.4, 0.5) is 11.4 Å². The zero-order valence-corrected chi connectivity index (χ0v) is 8.40. The highest BCUT2D eigenvalue weighted by atomic mass is 14.9. The number of nitrogens with one attached hydrogen (secondary N) is 1. The molecule has 0 unspecified atom stereocenters. The van der Waals surface area contributed by atoms with E-state index < -0.39 is 0 Å². The third-order valence-corrected chi connectivity index (χ3v) is 2.20. The Bertz CT molecular complexity index is 406. The highest BCUT2D eigenvalue weighted by Crippen LogP contribution is 2.16. The van der Waals surface area contributed by atoms with Gasteiger partial charge in [0.05, 0.1) is 0 Å². The van der Waals surface area contributed by atoms with Crippen LogP contribution in [0.2, 0.25) is 0 Å². The number of hydrogen-bond acceptors (Lipinski definition) is 2. The average molecular weight is 197 g/mol. The molecule has 2 aromatic carbocycles. The summed E-state index contributed by atoms with van der Waals surface area (Å²) in [5.74, 6) is 0. The molecule has 1 radical (unpaired) electrons. The minimum absolute atomic E-state index is 0.584. The molecule has 2 aromatic rings. The van der Waals surface area contributed by atoms with Crippen LogP contribution < -0.4 is 11.1 Å². The van der Waals surface area contributed by atoms with Crippen LogP contribution in [0.15, 0.2) is 48.5 Å². The SMILES string of the molecule is NCc1ccc(Nc2cc[c]cc2)cc1. The second kappa shape index (κ2) is 4.62. The van der Waals surface area contributed by atoms with Gasteiger partial charge >= 0.3 is 0 Å². The van der Waals surface area contributed by atoms with Crippen LogP contribution in [0.5, 0.6) is 0 Å². The molecule has 0 aliphatic rings. The molecule has 0 saturated carbocycles. The summed E-state index contributed by atoms with van der Waals surface area (Å²) in [4.78, 5) is 0. The minimum Gasteiger partial charge on any atom is -0.356 e. The van der Waals surface area contributed by atoms with Crippen molar-refractivity contribution < 1.29 is 0 Å². The summed E-state index contributed by atoms with van der Waals surface area (Å²) < 4.78 is 0. The molecule has 2 heteroatoms. The summed E-state index contributed by atoms with van der Waals surface area (Å²) in [5.41, 5.74) is 8.80. The van der Waals surface area contributed by atoms with Gasteiger partial charge < -0.3 is 11.1 Å². The van der Waals surface area contributed by atoms with Gasteiger partial charge in [0, 0.05) is 17.9 Å². The third kappa shape index (κ3) is 2.58. The Morgan fingerprint density at radius 1 is 0.933 bits per heavy atom. The fraction of sp³-hybridized carbons (Fsp3) is 0.0769. The molecule has 75 valence electrons.